The van der Waals surface area contributed by atoms with Gasteiger partial charge in [-0.25, -0.2) is 4.98 Å². The molecule has 11 heteroatoms. The Kier molecular flexibility index (Phi) is 4.70. The van der Waals surface area contributed by atoms with E-state index in [1.54, 1.807) is 11.3 Å². The third-order valence-corrected chi connectivity index (χ3v) is 5.17. The summed E-state index contributed by atoms with van der Waals surface area (Å²) in [6.07, 6.45) is -3.04. The molecule has 0 bridgehead atoms. The minimum Gasteiger partial charge on any atom is -0.395 e. The molecule has 2 aromatic heterocycles. The number of thiophene rings is 1. The van der Waals surface area contributed by atoms with Crippen LogP contribution in [0.3, 0.4) is 0 Å². The second kappa shape index (κ2) is 7.16. The van der Waals surface area contributed by atoms with Crippen LogP contribution in [-0.2, 0) is 11.2 Å². The Labute approximate surface area is 160 Å². The van der Waals surface area contributed by atoms with Gasteiger partial charge < -0.3 is 14.8 Å². The highest BCUT2D eigenvalue weighted by Crippen LogP contribution is 2.42. The molecule has 7 nitrogen and oxygen atoms in total. The van der Waals surface area contributed by atoms with Crippen molar-refractivity contribution in [2.24, 2.45) is 0 Å². The molecular formula is C16H12F2N4O3S2. The minimum absolute atomic E-state index is 0.0703. The van der Waals surface area contributed by atoms with Gasteiger partial charge in [0.2, 0.25) is 11.1 Å². The Morgan fingerprint density at radius 1 is 1.30 bits per heavy atom. The van der Waals surface area contributed by atoms with Gasteiger partial charge in [0.25, 0.3) is 0 Å². The Bertz CT molecular complexity index is 962. The highest BCUT2D eigenvalue weighted by molar-refractivity contribution is 7.99. The fraction of sp³-hybridized carbons (Fsp3) is 0.188. The molecule has 1 aromatic carbocycles. The molecular weight excluding hydrogens is 398 g/mol. The summed E-state index contributed by atoms with van der Waals surface area (Å²) in [4.78, 5) is 17.6. The summed E-state index contributed by atoms with van der Waals surface area (Å²) in [5.41, 5.74) is 0.328. The quantitative estimate of drug-likeness (QED) is 0.605. The number of nitrogens with one attached hydrogen (secondary N) is 2. The van der Waals surface area contributed by atoms with Crippen LogP contribution in [0.4, 0.5) is 14.5 Å². The van der Waals surface area contributed by atoms with Crippen LogP contribution in [0.2, 0.25) is 0 Å². The third kappa shape index (κ3) is 4.37. The number of hydrogen-bond acceptors (Lipinski definition) is 7. The lowest BCUT2D eigenvalue weighted by atomic mass is 10.3. The number of aromatic amines is 1. The van der Waals surface area contributed by atoms with Crippen molar-refractivity contribution in [1.82, 2.24) is 15.2 Å². The van der Waals surface area contributed by atoms with E-state index in [0.29, 0.717) is 17.3 Å². The van der Waals surface area contributed by atoms with Crippen LogP contribution in [-0.4, -0.2) is 33.1 Å². The normalized spacial score (nSPS) is 14.3. The number of rotatable bonds is 6. The number of H-pyrrole nitrogens is 1. The van der Waals surface area contributed by atoms with Gasteiger partial charge >= 0.3 is 6.29 Å². The molecule has 1 amide bonds. The number of alkyl halides is 2. The maximum absolute atomic E-state index is 13.0. The summed E-state index contributed by atoms with van der Waals surface area (Å²) in [7, 11) is 0. The van der Waals surface area contributed by atoms with Crippen molar-refractivity contribution < 1.29 is 23.0 Å². The third-order valence-electron chi connectivity index (χ3n) is 3.45. The summed E-state index contributed by atoms with van der Waals surface area (Å²) in [6, 6.07) is 8.02. The van der Waals surface area contributed by atoms with Gasteiger partial charge in [-0.1, -0.05) is 17.8 Å². The summed E-state index contributed by atoms with van der Waals surface area (Å²) in [5.74, 6) is 0.261. The van der Waals surface area contributed by atoms with Gasteiger partial charge in [0.1, 0.15) is 5.82 Å². The van der Waals surface area contributed by atoms with E-state index in [2.05, 4.69) is 30.0 Å². The first-order valence-corrected chi connectivity index (χ1v) is 9.59. The molecule has 0 aliphatic carbocycles. The molecule has 0 atom stereocenters. The molecule has 0 radical (unpaired) electrons. The molecule has 140 valence electrons. The molecule has 4 rings (SSSR count). The first-order chi connectivity index (χ1) is 13.0. The van der Waals surface area contributed by atoms with Crippen LogP contribution in [0.5, 0.6) is 11.5 Å². The molecule has 1 aliphatic rings. The van der Waals surface area contributed by atoms with Gasteiger partial charge in [-0.3, -0.25) is 9.89 Å². The average molecular weight is 410 g/mol. The van der Waals surface area contributed by atoms with E-state index in [0.717, 1.165) is 10.7 Å². The fourth-order valence-corrected chi connectivity index (χ4v) is 3.68. The monoisotopic (exact) mass is 410 g/mol. The number of ether oxygens (including phenoxy) is 2. The highest BCUT2D eigenvalue weighted by atomic mass is 32.2. The van der Waals surface area contributed by atoms with E-state index in [9.17, 15) is 13.6 Å². The van der Waals surface area contributed by atoms with E-state index in [1.807, 2.05) is 17.5 Å². The summed E-state index contributed by atoms with van der Waals surface area (Å²) < 4.78 is 34.7. The summed E-state index contributed by atoms with van der Waals surface area (Å²) >= 11 is 2.80. The lowest BCUT2D eigenvalue weighted by Gasteiger charge is -2.05. The number of fused-ring (bicyclic) bond motifs is 1. The van der Waals surface area contributed by atoms with Gasteiger partial charge in [-0.15, -0.1) is 25.2 Å². The molecule has 27 heavy (non-hydrogen) atoms. The van der Waals surface area contributed by atoms with Gasteiger partial charge in [-0.05, 0) is 23.6 Å². The lowest BCUT2D eigenvalue weighted by molar-refractivity contribution is -0.286. The summed E-state index contributed by atoms with van der Waals surface area (Å²) in [6.45, 7) is 0. The van der Waals surface area contributed by atoms with Crippen LogP contribution < -0.4 is 14.8 Å². The van der Waals surface area contributed by atoms with Gasteiger partial charge in [0, 0.05) is 23.1 Å². The first-order valence-electron chi connectivity index (χ1n) is 7.73. The molecule has 3 heterocycles. The molecule has 2 N–H and O–H groups in total. The van der Waals surface area contributed by atoms with E-state index < -0.39 is 6.29 Å². The van der Waals surface area contributed by atoms with E-state index in [-0.39, 0.29) is 23.2 Å². The number of anilines is 1. The Hall–Kier alpha value is -2.66. The SMILES string of the molecule is O=C(CSc1n[nH]c(Cc2cccs2)n1)Nc1ccc2c(c1)OC(F)(F)O2. The minimum atomic E-state index is -3.69. The number of hydrogen-bond donors (Lipinski definition) is 2. The van der Waals surface area contributed by atoms with Crippen LogP contribution in [0.1, 0.15) is 10.7 Å². The zero-order valence-corrected chi connectivity index (χ0v) is 15.2. The van der Waals surface area contributed by atoms with Gasteiger partial charge in [-0.2, -0.15) is 0 Å². The van der Waals surface area contributed by atoms with Crippen LogP contribution >= 0.6 is 23.1 Å². The number of benzene rings is 1. The largest absolute Gasteiger partial charge is 0.586 e. The number of amides is 1. The number of aromatic nitrogens is 3. The number of halogens is 2. The van der Waals surface area contributed by atoms with E-state index in [1.165, 1.54) is 30.0 Å². The maximum Gasteiger partial charge on any atom is 0.586 e. The zero-order chi connectivity index (χ0) is 18.9. The number of nitrogens with zero attached hydrogens (tertiary/aromatic N) is 2. The molecule has 0 saturated carbocycles. The lowest BCUT2D eigenvalue weighted by Crippen LogP contribution is -2.25. The fourth-order valence-electron chi connectivity index (χ4n) is 2.35. The summed E-state index contributed by atoms with van der Waals surface area (Å²) in [5, 5.41) is 12.0. The predicted octanol–water partition coefficient (Wildman–Crippen LogP) is 3.51. The molecule has 1 aliphatic heterocycles. The van der Waals surface area contributed by atoms with Crippen molar-refractivity contribution in [3.05, 3.63) is 46.4 Å². The van der Waals surface area contributed by atoms with E-state index in [4.69, 9.17) is 0 Å². The smallest absolute Gasteiger partial charge is 0.395 e. The molecule has 3 aromatic rings. The highest BCUT2D eigenvalue weighted by Gasteiger charge is 2.43. The number of carbonyl (C=O) groups excluding carboxylic acids is 1. The van der Waals surface area contributed by atoms with Crippen molar-refractivity contribution in [3.63, 3.8) is 0 Å². The average Bonchev–Trinajstić information content (AvgIpc) is 3.32. The molecule has 0 spiro atoms. The van der Waals surface area contributed by atoms with Crippen molar-refractivity contribution >= 4 is 34.7 Å². The maximum atomic E-state index is 13.0. The van der Waals surface area contributed by atoms with Gasteiger partial charge in [0.05, 0.1) is 5.75 Å². The molecule has 0 unspecified atom stereocenters. The topological polar surface area (TPSA) is 89.1 Å². The Balaban J connectivity index is 1.30. The van der Waals surface area contributed by atoms with Crippen molar-refractivity contribution in [3.8, 4) is 11.5 Å². The molecule has 0 saturated heterocycles. The van der Waals surface area contributed by atoms with Crippen molar-refractivity contribution in [2.45, 2.75) is 17.9 Å². The standard InChI is InChI=1S/C16H12F2N4O3S2/c17-16(18)24-11-4-3-9(6-12(11)25-16)19-14(23)8-27-15-20-13(21-22-15)7-10-2-1-5-26-10/h1-6H,7-8H2,(H,19,23)(H,20,21,22). The van der Waals surface area contributed by atoms with Crippen molar-refractivity contribution in [2.75, 3.05) is 11.1 Å². The zero-order valence-electron chi connectivity index (χ0n) is 13.6. The Morgan fingerprint density at radius 3 is 2.96 bits per heavy atom. The predicted molar refractivity (Wildman–Crippen MR) is 95.5 cm³/mol. The molecule has 0 fully saturated rings. The van der Waals surface area contributed by atoms with Crippen molar-refractivity contribution in [1.29, 1.82) is 0 Å². The first kappa shape index (κ1) is 17.7. The Morgan fingerprint density at radius 2 is 2.15 bits per heavy atom. The van der Waals surface area contributed by atoms with Gasteiger partial charge in [0.15, 0.2) is 11.5 Å². The second-order valence-corrected chi connectivity index (χ2v) is 7.46. The second-order valence-electron chi connectivity index (χ2n) is 5.49. The number of thioether (sulfide) groups is 1. The van der Waals surface area contributed by atoms with Crippen LogP contribution in [0.25, 0.3) is 0 Å². The van der Waals surface area contributed by atoms with Crippen LogP contribution in [0.15, 0.2) is 40.9 Å². The van der Waals surface area contributed by atoms with E-state index >= 15 is 0 Å². The number of carbonyl (C=O) groups is 1. The van der Waals surface area contributed by atoms with Crippen LogP contribution in [0, 0.1) is 0 Å².